The summed E-state index contributed by atoms with van der Waals surface area (Å²) in [5.74, 6) is 1.11. The van der Waals surface area contributed by atoms with Gasteiger partial charge >= 0.3 is 0 Å². The van der Waals surface area contributed by atoms with Gasteiger partial charge < -0.3 is 15.2 Å². The molecule has 0 spiro atoms. The summed E-state index contributed by atoms with van der Waals surface area (Å²) in [7, 11) is 0. The average molecular weight is 388 g/mol. The minimum atomic E-state index is -0.321. The van der Waals surface area contributed by atoms with Crippen molar-refractivity contribution in [1.82, 2.24) is 15.1 Å². The summed E-state index contributed by atoms with van der Waals surface area (Å²) in [6.07, 6.45) is 0. The number of anilines is 3. The van der Waals surface area contributed by atoms with Crippen molar-refractivity contribution in [1.29, 1.82) is 0 Å². The Morgan fingerprint density at radius 3 is 2.71 bits per heavy atom. The van der Waals surface area contributed by atoms with Gasteiger partial charge in [0.25, 0.3) is 5.91 Å². The third-order valence-electron chi connectivity index (χ3n) is 3.04. The minimum absolute atomic E-state index is 0.255. The van der Waals surface area contributed by atoms with Crippen LogP contribution in [0, 0.1) is 13.8 Å². The van der Waals surface area contributed by atoms with Crippen molar-refractivity contribution < 1.29 is 9.32 Å². The number of carbonyl (C=O) groups excluding carboxylic acids is 1. The highest BCUT2D eigenvalue weighted by molar-refractivity contribution is 9.10. The third kappa shape index (κ3) is 3.96. The predicted octanol–water partition coefficient (Wildman–Crippen LogP) is 3.84. The molecule has 1 aromatic carbocycles. The van der Waals surface area contributed by atoms with Gasteiger partial charge in [-0.25, -0.2) is 9.97 Å². The van der Waals surface area contributed by atoms with Crippen LogP contribution in [0.15, 0.2) is 45.4 Å². The number of benzene rings is 1. The Labute approximate surface area is 146 Å². The predicted molar refractivity (Wildman–Crippen MR) is 93.4 cm³/mol. The van der Waals surface area contributed by atoms with E-state index in [1.54, 1.807) is 32.0 Å². The second-order valence-corrected chi connectivity index (χ2v) is 6.05. The normalized spacial score (nSPS) is 10.5. The van der Waals surface area contributed by atoms with E-state index in [1.165, 1.54) is 0 Å². The summed E-state index contributed by atoms with van der Waals surface area (Å²) in [6.45, 7) is 3.57. The van der Waals surface area contributed by atoms with Crippen LogP contribution in [0.1, 0.15) is 21.9 Å². The van der Waals surface area contributed by atoms with Crippen LogP contribution in [-0.4, -0.2) is 21.0 Å². The highest BCUT2D eigenvalue weighted by Crippen LogP contribution is 2.17. The molecule has 2 heterocycles. The molecule has 0 aliphatic rings. The number of halogens is 1. The van der Waals surface area contributed by atoms with Crippen LogP contribution < -0.4 is 10.6 Å². The van der Waals surface area contributed by atoms with Gasteiger partial charge in [0, 0.05) is 21.9 Å². The van der Waals surface area contributed by atoms with Gasteiger partial charge in [-0.15, -0.1) is 0 Å². The number of aryl methyl sites for hydroxylation is 2. The van der Waals surface area contributed by atoms with Gasteiger partial charge in [-0.05, 0) is 38.1 Å². The highest BCUT2D eigenvalue weighted by Gasteiger charge is 2.12. The Hall–Kier alpha value is -2.74. The van der Waals surface area contributed by atoms with Crippen molar-refractivity contribution in [2.75, 3.05) is 10.6 Å². The zero-order valence-corrected chi connectivity index (χ0v) is 14.6. The van der Waals surface area contributed by atoms with Gasteiger partial charge in [0.15, 0.2) is 5.82 Å². The van der Waals surface area contributed by atoms with E-state index in [1.807, 2.05) is 18.2 Å². The van der Waals surface area contributed by atoms with Crippen LogP contribution in [0.25, 0.3) is 0 Å². The van der Waals surface area contributed by atoms with Crippen LogP contribution in [0.2, 0.25) is 0 Å². The molecular weight excluding hydrogens is 374 g/mol. The van der Waals surface area contributed by atoms with E-state index < -0.39 is 0 Å². The summed E-state index contributed by atoms with van der Waals surface area (Å²) in [5.41, 5.74) is 1.59. The number of nitrogens with zero attached hydrogens (tertiary/aromatic N) is 3. The second kappa shape index (κ2) is 6.79. The Morgan fingerprint density at radius 2 is 2.00 bits per heavy atom. The molecule has 24 heavy (non-hydrogen) atoms. The van der Waals surface area contributed by atoms with Crippen LogP contribution in [-0.2, 0) is 0 Å². The maximum atomic E-state index is 12.4. The van der Waals surface area contributed by atoms with Crippen LogP contribution in [0.5, 0.6) is 0 Å². The number of amides is 1. The van der Waals surface area contributed by atoms with Crippen LogP contribution in [0.4, 0.5) is 17.5 Å². The van der Waals surface area contributed by atoms with Crippen molar-refractivity contribution in [3.63, 3.8) is 0 Å². The van der Waals surface area contributed by atoms with Crippen molar-refractivity contribution in [2.24, 2.45) is 0 Å². The molecular formula is C16H14BrN5O2. The SMILES string of the molecule is Cc1cc(C(=O)Nc2cccc(Br)c2)nc(Nc2cc(C)on2)n1. The summed E-state index contributed by atoms with van der Waals surface area (Å²) < 4.78 is 5.86. The van der Waals surface area contributed by atoms with Gasteiger partial charge in [0.05, 0.1) is 0 Å². The first-order valence-electron chi connectivity index (χ1n) is 7.12. The molecule has 0 fully saturated rings. The zero-order valence-electron chi connectivity index (χ0n) is 13.0. The maximum Gasteiger partial charge on any atom is 0.274 e. The average Bonchev–Trinajstić information content (AvgIpc) is 2.91. The van der Waals surface area contributed by atoms with E-state index in [0.717, 1.165) is 4.47 Å². The quantitative estimate of drug-likeness (QED) is 0.706. The number of hydrogen-bond acceptors (Lipinski definition) is 6. The minimum Gasteiger partial charge on any atom is -0.360 e. The molecule has 2 aromatic heterocycles. The largest absolute Gasteiger partial charge is 0.360 e. The third-order valence-corrected chi connectivity index (χ3v) is 3.53. The van der Waals surface area contributed by atoms with Gasteiger partial charge in [-0.1, -0.05) is 27.2 Å². The van der Waals surface area contributed by atoms with Crippen molar-refractivity contribution >= 4 is 39.3 Å². The summed E-state index contributed by atoms with van der Waals surface area (Å²) in [6, 6.07) is 10.7. The molecule has 3 rings (SSSR count). The summed E-state index contributed by atoms with van der Waals surface area (Å²) in [4.78, 5) is 20.9. The molecule has 3 aromatic rings. The molecule has 0 saturated heterocycles. The molecule has 0 radical (unpaired) electrons. The molecule has 0 unspecified atom stereocenters. The smallest absolute Gasteiger partial charge is 0.274 e. The van der Waals surface area contributed by atoms with Crippen molar-refractivity contribution in [3.8, 4) is 0 Å². The Morgan fingerprint density at radius 1 is 1.17 bits per heavy atom. The number of aromatic nitrogens is 3. The maximum absolute atomic E-state index is 12.4. The van der Waals surface area contributed by atoms with E-state index >= 15 is 0 Å². The Bertz CT molecular complexity index is 894. The van der Waals surface area contributed by atoms with E-state index in [4.69, 9.17) is 4.52 Å². The summed E-state index contributed by atoms with van der Waals surface area (Å²) in [5, 5.41) is 9.54. The fraction of sp³-hybridized carbons (Fsp3) is 0.125. The number of rotatable bonds is 4. The first-order chi connectivity index (χ1) is 11.5. The number of nitrogens with one attached hydrogen (secondary N) is 2. The summed E-state index contributed by atoms with van der Waals surface area (Å²) >= 11 is 3.37. The fourth-order valence-corrected chi connectivity index (χ4v) is 2.44. The Kier molecular flexibility index (Phi) is 4.57. The lowest BCUT2D eigenvalue weighted by molar-refractivity contribution is 0.102. The van der Waals surface area contributed by atoms with E-state index in [9.17, 15) is 4.79 Å². The van der Waals surface area contributed by atoms with Gasteiger partial charge in [0.1, 0.15) is 11.5 Å². The number of hydrogen-bond donors (Lipinski definition) is 2. The first-order valence-corrected chi connectivity index (χ1v) is 7.92. The molecule has 0 atom stereocenters. The van der Waals surface area contributed by atoms with Crippen LogP contribution >= 0.6 is 15.9 Å². The molecule has 0 aliphatic carbocycles. The number of carbonyl (C=O) groups is 1. The van der Waals surface area contributed by atoms with Crippen molar-refractivity contribution in [3.05, 3.63) is 58.0 Å². The molecule has 2 N–H and O–H groups in total. The molecule has 122 valence electrons. The lowest BCUT2D eigenvalue weighted by Crippen LogP contribution is -2.15. The molecule has 7 nitrogen and oxygen atoms in total. The molecule has 1 amide bonds. The van der Waals surface area contributed by atoms with E-state index in [0.29, 0.717) is 23.0 Å². The van der Waals surface area contributed by atoms with Gasteiger partial charge in [0.2, 0.25) is 5.95 Å². The monoisotopic (exact) mass is 387 g/mol. The first kappa shape index (κ1) is 16.1. The second-order valence-electron chi connectivity index (χ2n) is 5.13. The van der Waals surface area contributed by atoms with Crippen molar-refractivity contribution in [2.45, 2.75) is 13.8 Å². The topological polar surface area (TPSA) is 92.9 Å². The van der Waals surface area contributed by atoms with E-state index in [2.05, 4.69) is 41.7 Å². The van der Waals surface area contributed by atoms with Gasteiger partial charge in [-0.3, -0.25) is 4.79 Å². The molecule has 0 saturated carbocycles. The lowest BCUT2D eigenvalue weighted by atomic mass is 10.3. The molecule has 0 bridgehead atoms. The van der Waals surface area contributed by atoms with Gasteiger partial charge in [-0.2, -0.15) is 0 Å². The van der Waals surface area contributed by atoms with Crippen LogP contribution in [0.3, 0.4) is 0 Å². The standard InChI is InChI=1S/C16H14BrN5O2/c1-9-6-13(15(23)19-12-5-3-4-11(17)8-12)20-16(18-9)21-14-7-10(2)24-22-14/h3-8H,1-2H3,(H,19,23)(H,18,20,21,22). The lowest BCUT2D eigenvalue weighted by Gasteiger charge is -2.08. The Balaban J connectivity index is 1.81. The fourth-order valence-electron chi connectivity index (χ4n) is 2.04. The zero-order chi connectivity index (χ0) is 17.1. The molecule has 8 heteroatoms. The van der Waals surface area contributed by atoms with E-state index in [-0.39, 0.29) is 17.5 Å². The molecule has 0 aliphatic heterocycles. The highest BCUT2D eigenvalue weighted by atomic mass is 79.9.